The summed E-state index contributed by atoms with van der Waals surface area (Å²) >= 11 is 7.42. The molecular formula is C16H20ClNO2S. The molecule has 0 N–H and O–H groups in total. The molecule has 1 heterocycles. The zero-order valence-corrected chi connectivity index (χ0v) is 13.8. The molecule has 0 amide bonds. The van der Waals surface area contributed by atoms with Gasteiger partial charge in [0.25, 0.3) is 0 Å². The molecule has 1 aromatic heterocycles. The van der Waals surface area contributed by atoms with E-state index in [2.05, 4.69) is 4.98 Å². The van der Waals surface area contributed by atoms with Gasteiger partial charge in [-0.3, -0.25) is 0 Å². The Bertz CT molecular complexity index is 545. The van der Waals surface area contributed by atoms with E-state index >= 15 is 0 Å². The SMILES string of the molecule is CCOc1cccc(OCCCCc2nc(CCl)cs2)c1. The second-order valence-electron chi connectivity index (χ2n) is 4.58. The van der Waals surface area contributed by atoms with E-state index in [0.717, 1.165) is 41.5 Å². The van der Waals surface area contributed by atoms with Crippen LogP contribution in [-0.4, -0.2) is 18.2 Å². The molecule has 3 nitrogen and oxygen atoms in total. The molecule has 0 aliphatic rings. The van der Waals surface area contributed by atoms with Crippen molar-refractivity contribution in [3.63, 3.8) is 0 Å². The number of alkyl halides is 1. The first kappa shape index (κ1) is 16.1. The molecule has 1 aromatic carbocycles. The van der Waals surface area contributed by atoms with Gasteiger partial charge in [0.05, 0.1) is 29.8 Å². The third-order valence-corrected chi connectivity index (χ3v) is 4.14. The summed E-state index contributed by atoms with van der Waals surface area (Å²) in [6.07, 6.45) is 3.07. The number of hydrogen-bond acceptors (Lipinski definition) is 4. The molecule has 2 aromatic rings. The molecule has 0 saturated carbocycles. The normalized spacial score (nSPS) is 10.6. The average Bonchev–Trinajstić information content (AvgIpc) is 2.96. The fraction of sp³-hybridized carbons (Fsp3) is 0.438. The highest BCUT2D eigenvalue weighted by Gasteiger charge is 2.01. The summed E-state index contributed by atoms with van der Waals surface area (Å²) in [7, 11) is 0. The van der Waals surface area contributed by atoms with Gasteiger partial charge in [0.2, 0.25) is 0 Å². The predicted octanol–water partition coefficient (Wildman–Crippen LogP) is 4.68. The summed E-state index contributed by atoms with van der Waals surface area (Å²) in [5.74, 6) is 2.21. The van der Waals surface area contributed by atoms with Crippen molar-refractivity contribution in [1.82, 2.24) is 4.98 Å². The lowest BCUT2D eigenvalue weighted by atomic mass is 10.2. The highest BCUT2D eigenvalue weighted by Crippen LogP contribution is 2.20. The second kappa shape index (κ2) is 8.90. The Morgan fingerprint density at radius 3 is 2.71 bits per heavy atom. The van der Waals surface area contributed by atoms with Gasteiger partial charge in [-0.25, -0.2) is 4.98 Å². The lowest BCUT2D eigenvalue weighted by Gasteiger charge is -2.08. The van der Waals surface area contributed by atoms with E-state index < -0.39 is 0 Å². The highest BCUT2D eigenvalue weighted by molar-refractivity contribution is 7.09. The molecule has 2 rings (SSSR count). The summed E-state index contributed by atoms with van der Waals surface area (Å²) in [4.78, 5) is 4.45. The summed E-state index contributed by atoms with van der Waals surface area (Å²) in [5, 5.41) is 3.18. The quantitative estimate of drug-likeness (QED) is 0.495. The van der Waals surface area contributed by atoms with Crippen molar-refractivity contribution < 1.29 is 9.47 Å². The molecule has 0 atom stereocenters. The molecule has 0 spiro atoms. The number of unbranched alkanes of at least 4 members (excludes halogenated alkanes) is 1. The van der Waals surface area contributed by atoms with Crippen molar-refractivity contribution in [1.29, 1.82) is 0 Å². The maximum Gasteiger partial charge on any atom is 0.122 e. The zero-order chi connectivity index (χ0) is 14.9. The Morgan fingerprint density at radius 2 is 2.00 bits per heavy atom. The van der Waals surface area contributed by atoms with Crippen molar-refractivity contribution in [3.05, 3.63) is 40.3 Å². The van der Waals surface area contributed by atoms with Crippen molar-refractivity contribution >= 4 is 22.9 Å². The van der Waals surface area contributed by atoms with Gasteiger partial charge in [0.15, 0.2) is 0 Å². The average molecular weight is 326 g/mol. The van der Waals surface area contributed by atoms with Crippen LogP contribution >= 0.6 is 22.9 Å². The van der Waals surface area contributed by atoms with E-state index in [9.17, 15) is 0 Å². The van der Waals surface area contributed by atoms with Crippen molar-refractivity contribution in [2.45, 2.75) is 32.1 Å². The van der Waals surface area contributed by atoms with E-state index in [4.69, 9.17) is 21.1 Å². The Balaban J connectivity index is 1.66. The van der Waals surface area contributed by atoms with Crippen molar-refractivity contribution in [3.8, 4) is 11.5 Å². The minimum absolute atomic E-state index is 0.496. The molecule has 0 aliphatic carbocycles. The molecule has 0 aliphatic heterocycles. The maximum atomic E-state index is 5.74. The third kappa shape index (κ3) is 5.56. The lowest BCUT2D eigenvalue weighted by molar-refractivity contribution is 0.300. The van der Waals surface area contributed by atoms with Crippen LogP contribution in [-0.2, 0) is 12.3 Å². The van der Waals surface area contributed by atoms with Crippen molar-refractivity contribution in [2.75, 3.05) is 13.2 Å². The van der Waals surface area contributed by atoms with Gasteiger partial charge in [-0.05, 0) is 38.3 Å². The molecule has 0 unspecified atom stereocenters. The number of aromatic nitrogens is 1. The Morgan fingerprint density at radius 1 is 1.19 bits per heavy atom. The monoisotopic (exact) mass is 325 g/mol. The number of hydrogen-bond donors (Lipinski definition) is 0. The number of rotatable bonds is 9. The van der Waals surface area contributed by atoms with Crippen LogP contribution in [0.1, 0.15) is 30.5 Å². The topological polar surface area (TPSA) is 31.4 Å². The summed E-state index contributed by atoms with van der Waals surface area (Å²) < 4.78 is 11.2. The maximum absolute atomic E-state index is 5.74. The molecule has 114 valence electrons. The van der Waals surface area contributed by atoms with E-state index in [1.165, 1.54) is 0 Å². The van der Waals surface area contributed by atoms with Gasteiger partial charge >= 0.3 is 0 Å². The number of ether oxygens (including phenoxy) is 2. The number of nitrogens with zero attached hydrogens (tertiary/aromatic N) is 1. The van der Waals surface area contributed by atoms with Gasteiger partial charge in [0.1, 0.15) is 11.5 Å². The number of thiazole rings is 1. The smallest absolute Gasteiger partial charge is 0.122 e. The fourth-order valence-corrected chi connectivity index (χ4v) is 2.98. The van der Waals surface area contributed by atoms with Crippen LogP contribution in [0.5, 0.6) is 11.5 Å². The molecule has 5 heteroatoms. The van der Waals surface area contributed by atoms with Crippen LogP contribution in [0.3, 0.4) is 0 Å². The first-order valence-corrected chi connectivity index (χ1v) is 8.58. The van der Waals surface area contributed by atoms with E-state index in [1.807, 2.05) is 36.6 Å². The molecule has 0 saturated heterocycles. The standard InChI is InChI=1S/C16H20ClNO2S/c1-2-19-14-6-5-7-15(10-14)20-9-4-3-8-16-18-13(11-17)12-21-16/h5-7,10,12H,2-4,8-9,11H2,1H3. The number of benzene rings is 1. The number of aryl methyl sites for hydroxylation is 1. The van der Waals surface area contributed by atoms with Gasteiger partial charge < -0.3 is 9.47 Å². The summed E-state index contributed by atoms with van der Waals surface area (Å²) in [6.45, 7) is 3.35. The van der Waals surface area contributed by atoms with Crippen LogP contribution < -0.4 is 9.47 Å². The second-order valence-corrected chi connectivity index (χ2v) is 5.79. The van der Waals surface area contributed by atoms with Gasteiger partial charge in [-0.15, -0.1) is 22.9 Å². The Labute approximate surface area is 134 Å². The van der Waals surface area contributed by atoms with E-state index in [0.29, 0.717) is 19.1 Å². The Hall–Kier alpha value is -1.26. The largest absolute Gasteiger partial charge is 0.494 e. The summed E-state index contributed by atoms with van der Waals surface area (Å²) in [5.41, 5.74) is 0.973. The van der Waals surface area contributed by atoms with Crippen LogP contribution in [0.25, 0.3) is 0 Å². The minimum Gasteiger partial charge on any atom is -0.494 e. The highest BCUT2D eigenvalue weighted by atomic mass is 35.5. The molecule has 0 bridgehead atoms. The van der Waals surface area contributed by atoms with E-state index in [-0.39, 0.29) is 0 Å². The first-order chi connectivity index (χ1) is 10.3. The molecule has 21 heavy (non-hydrogen) atoms. The molecule has 0 fully saturated rings. The lowest BCUT2D eigenvalue weighted by Crippen LogP contribution is -1.99. The first-order valence-electron chi connectivity index (χ1n) is 7.16. The Kier molecular flexibility index (Phi) is 6.83. The van der Waals surface area contributed by atoms with Gasteiger partial charge in [0, 0.05) is 11.4 Å². The molecule has 0 radical (unpaired) electrons. The zero-order valence-electron chi connectivity index (χ0n) is 12.2. The predicted molar refractivity (Wildman–Crippen MR) is 87.7 cm³/mol. The van der Waals surface area contributed by atoms with Crippen LogP contribution in [0.15, 0.2) is 29.6 Å². The minimum atomic E-state index is 0.496. The molecular weight excluding hydrogens is 306 g/mol. The van der Waals surface area contributed by atoms with E-state index in [1.54, 1.807) is 11.3 Å². The fourth-order valence-electron chi connectivity index (χ4n) is 1.91. The van der Waals surface area contributed by atoms with Crippen LogP contribution in [0.2, 0.25) is 0 Å². The van der Waals surface area contributed by atoms with Crippen molar-refractivity contribution in [2.24, 2.45) is 0 Å². The van der Waals surface area contributed by atoms with Crippen LogP contribution in [0, 0.1) is 0 Å². The van der Waals surface area contributed by atoms with Gasteiger partial charge in [-0.1, -0.05) is 6.07 Å². The van der Waals surface area contributed by atoms with Crippen LogP contribution in [0.4, 0.5) is 0 Å². The summed E-state index contributed by atoms with van der Waals surface area (Å²) in [6, 6.07) is 7.77. The third-order valence-electron chi connectivity index (χ3n) is 2.91. The van der Waals surface area contributed by atoms with Gasteiger partial charge in [-0.2, -0.15) is 0 Å². The number of halogens is 1.